The molecule has 2 fully saturated rings. The van der Waals surface area contributed by atoms with Crippen LogP contribution >= 0.6 is 0 Å². The number of hydrogen-bond donors (Lipinski definition) is 2. The largest absolute Gasteiger partial charge is 0.336 e. The molecule has 2 aromatic rings. The van der Waals surface area contributed by atoms with Crippen molar-refractivity contribution in [3.63, 3.8) is 0 Å². The van der Waals surface area contributed by atoms with Crippen molar-refractivity contribution < 1.29 is 4.79 Å². The van der Waals surface area contributed by atoms with Crippen LogP contribution in [0.1, 0.15) is 52.5 Å². The van der Waals surface area contributed by atoms with E-state index in [0.717, 1.165) is 48.9 Å². The van der Waals surface area contributed by atoms with E-state index in [4.69, 9.17) is 0 Å². The second-order valence-electron chi connectivity index (χ2n) is 9.07. The molecule has 1 atom stereocenters. The number of nitrogens with one attached hydrogen (secondary N) is 2. The molecule has 1 aliphatic heterocycles. The number of aromatic nitrogens is 4. The number of nitrogens with zero attached hydrogens (tertiary/aromatic N) is 5. The Bertz CT molecular complexity index is 841. The van der Waals surface area contributed by atoms with Gasteiger partial charge in [-0.15, -0.1) is 5.10 Å². The summed E-state index contributed by atoms with van der Waals surface area (Å²) in [5, 5.41) is 18.0. The van der Waals surface area contributed by atoms with Crippen molar-refractivity contribution in [3.8, 4) is 11.4 Å². The average Bonchev–Trinajstić information content (AvgIpc) is 3.44. The van der Waals surface area contributed by atoms with E-state index in [0.29, 0.717) is 12.6 Å². The zero-order valence-electron chi connectivity index (χ0n) is 17.6. The first-order valence-electron chi connectivity index (χ1n) is 10.6. The fourth-order valence-electron chi connectivity index (χ4n) is 3.97. The van der Waals surface area contributed by atoms with Crippen LogP contribution in [0.15, 0.2) is 24.3 Å². The molecule has 1 unspecified atom stereocenters. The summed E-state index contributed by atoms with van der Waals surface area (Å²) in [6.45, 7) is 9.50. The van der Waals surface area contributed by atoms with Gasteiger partial charge in [-0.25, -0.2) is 9.48 Å². The molecular formula is C21H31N7O. The Morgan fingerprint density at radius 2 is 1.97 bits per heavy atom. The first kappa shape index (κ1) is 19.8. The van der Waals surface area contributed by atoms with E-state index >= 15 is 0 Å². The van der Waals surface area contributed by atoms with Gasteiger partial charge in [0.2, 0.25) is 0 Å². The zero-order valence-corrected chi connectivity index (χ0v) is 17.6. The Morgan fingerprint density at radius 3 is 2.66 bits per heavy atom. The Balaban J connectivity index is 1.31. The SMILES string of the molecule is CC1CCCN(C(C)(C)CNC(=O)Nc2ccc(-c3nnnn3C3CC3)cc2)C1. The number of carbonyl (C=O) groups is 1. The van der Waals surface area contributed by atoms with Gasteiger partial charge in [0.25, 0.3) is 0 Å². The number of urea groups is 1. The summed E-state index contributed by atoms with van der Waals surface area (Å²) in [6.07, 6.45) is 4.78. The van der Waals surface area contributed by atoms with Crippen molar-refractivity contribution in [1.82, 2.24) is 30.4 Å². The molecule has 4 rings (SSSR count). The molecule has 0 spiro atoms. The Hall–Kier alpha value is -2.48. The monoisotopic (exact) mass is 397 g/mol. The number of benzene rings is 1. The normalized spacial score (nSPS) is 20.4. The van der Waals surface area contributed by atoms with E-state index in [1.54, 1.807) is 0 Å². The van der Waals surface area contributed by atoms with Gasteiger partial charge < -0.3 is 10.6 Å². The van der Waals surface area contributed by atoms with Crippen LogP contribution in [-0.2, 0) is 0 Å². The summed E-state index contributed by atoms with van der Waals surface area (Å²) in [6, 6.07) is 7.91. The molecule has 8 nitrogen and oxygen atoms in total. The van der Waals surface area contributed by atoms with Crippen molar-refractivity contribution in [3.05, 3.63) is 24.3 Å². The molecule has 1 aromatic carbocycles. The quantitative estimate of drug-likeness (QED) is 0.781. The molecule has 1 aliphatic carbocycles. The van der Waals surface area contributed by atoms with Gasteiger partial charge in [0, 0.05) is 29.9 Å². The molecule has 0 bridgehead atoms. The third-order valence-electron chi connectivity index (χ3n) is 5.98. The summed E-state index contributed by atoms with van der Waals surface area (Å²) in [7, 11) is 0. The number of likely N-dealkylation sites (tertiary alicyclic amines) is 1. The number of piperidine rings is 1. The van der Waals surface area contributed by atoms with E-state index in [1.807, 2.05) is 28.9 Å². The highest BCUT2D eigenvalue weighted by Crippen LogP contribution is 2.36. The molecule has 156 valence electrons. The predicted octanol–water partition coefficient (Wildman–Crippen LogP) is 3.31. The Kier molecular flexibility index (Phi) is 5.54. The first-order valence-corrected chi connectivity index (χ1v) is 10.6. The van der Waals surface area contributed by atoms with Gasteiger partial charge in [-0.3, -0.25) is 4.90 Å². The van der Waals surface area contributed by atoms with E-state index in [2.05, 4.69) is 51.8 Å². The minimum Gasteiger partial charge on any atom is -0.336 e. The van der Waals surface area contributed by atoms with Crippen LogP contribution in [0.25, 0.3) is 11.4 Å². The minimum absolute atomic E-state index is 0.0598. The van der Waals surface area contributed by atoms with Crippen molar-refractivity contribution in [2.75, 3.05) is 25.0 Å². The lowest BCUT2D eigenvalue weighted by atomic mass is 9.93. The molecule has 2 heterocycles. The van der Waals surface area contributed by atoms with Crippen LogP contribution in [0.4, 0.5) is 10.5 Å². The maximum Gasteiger partial charge on any atom is 0.319 e. The van der Waals surface area contributed by atoms with E-state index in [1.165, 1.54) is 12.8 Å². The fraction of sp³-hybridized carbons (Fsp3) is 0.619. The van der Waals surface area contributed by atoms with Gasteiger partial charge in [0.15, 0.2) is 5.82 Å². The van der Waals surface area contributed by atoms with Crippen LogP contribution in [0.2, 0.25) is 0 Å². The second kappa shape index (κ2) is 8.10. The van der Waals surface area contributed by atoms with Crippen LogP contribution < -0.4 is 10.6 Å². The van der Waals surface area contributed by atoms with Crippen molar-refractivity contribution in [1.29, 1.82) is 0 Å². The zero-order chi connectivity index (χ0) is 20.4. The number of tetrazole rings is 1. The lowest BCUT2D eigenvalue weighted by molar-refractivity contribution is 0.0728. The number of amides is 2. The summed E-state index contributed by atoms with van der Waals surface area (Å²) >= 11 is 0. The summed E-state index contributed by atoms with van der Waals surface area (Å²) in [5.74, 6) is 1.50. The number of carbonyl (C=O) groups excluding carboxylic acids is 1. The Labute approximate surface area is 172 Å². The van der Waals surface area contributed by atoms with Crippen molar-refractivity contribution >= 4 is 11.7 Å². The van der Waals surface area contributed by atoms with Gasteiger partial charge in [0.1, 0.15) is 0 Å². The molecule has 2 amide bonds. The third-order valence-corrected chi connectivity index (χ3v) is 5.98. The average molecular weight is 398 g/mol. The molecule has 8 heteroatoms. The fourth-order valence-corrected chi connectivity index (χ4v) is 3.97. The molecule has 1 saturated carbocycles. The van der Waals surface area contributed by atoms with E-state index in [-0.39, 0.29) is 11.6 Å². The van der Waals surface area contributed by atoms with Crippen LogP contribution in [0.5, 0.6) is 0 Å². The number of anilines is 1. The smallest absolute Gasteiger partial charge is 0.319 e. The van der Waals surface area contributed by atoms with E-state index < -0.39 is 0 Å². The maximum absolute atomic E-state index is 12.4. The summed E-state index contributed by atoms with van der Waals surface area (Å²) in [4.78, 5) is 14.9. The standard InChI is InChI=1S/C21H31N7O/c1-15-5-4-12-27(13-15)21(2,3)14-22-20(29)23-17-8-6-16(7-9-17)19-24-25-26-28(19)18-10-11-18/h6-9,15,18H,4-5,10-14H2,1-3H3,(H2,22,23,29). The topological polar surface area (TPSA) is 88.0 Å². The molecule has 1 aromatic heterocycles. The van der Waals surface area contributed by atoms with Crippen LogP contribution in [0.3, 0.4) is 0 Å². The van der Waals surface area contributed by atoms with Gasteiger partial charge in [-0.2, -0.15) is 0 Å². The third kappa shape index (κ3) is 4.75. The summed E-state index contributed by atoms with van der Waals surface area (Å²) < 4.78 is 1.89. The molecule has 2 aliphatic rings. The maximum atomic E-state index is 12.4. The highest BCUT2D eigenvalue weighted by Gasteiger charge is 2.30. The molecule has 0 radical (unpaired) electrons. The van der Waals surface area contributed by atoms with Gasteiger partial charge >= 0.3 is 6.03 Å². The second-order valence-corrected chi connectivity index (χ2v) is 9.07. The number of rotatable bonds is 6. The highest BCUT2D eigenvalue weighted by atomic mass is 16.2. The van der Waals surface area contributed by atoms with Gasteiger partial charge in [0.05, 0.1) is 6.04 Å². The van der Waals surface area contributed by atoms with Crippen LogP contribution in [-0.4, -0.2) is 56.3 Å². The highest BCUT2D eigenvalue weighted by molar-refractivity contribution is 5.89. The minimum atomic E-state index is -0.182. The Morgan fingerprint density at radius 1 is 1.21 bits per heavy atom. The summed E-state index contributed by atoms with van der Waals surface area (Å²) in [5.41, 5.74) is 1.64. The molecule has 1 saturated heterocycles. The predicted molar refractivity (Wildman–Crippen MR) is 113 cm³/mol. The van der Waals surface area contributed by atoms with E-state index in [9.17, 15) is 4.79 Å². The first-order chi connectivity index (χ1) is 13.9. The number of hydrogen-bond acceptors (Lipinski definition) is 5. The molecule has 2 N–H and O–H groups in total. The lowest BCUT2D eigenvalue weighted by Gasteiger charge is -2.43. The lowest BCUT2D eigenvalue weighted by Crippen LogP contribution is -2.55. The molecular weight excluding hydrogens is 366 g/mol. The van der Waals surface area contributed by atoms with Crippen LogP contribution in [0, 0.1) is 5.92 Å². The van der Waals surface area contributed by atoms with Crippen molar-refractivity contribution in [2.45, 2.75) is 58.0 Å². The van der Waals surface area contributed by atoms with Crippen molar-refractivity contribution in [2.24, 2.45) is 5.92 Å². The molecule has 29 heavy (non-hydrogen) atoms. The van der Waals surface area contributed by atoms with Gasteiger partial charge in [-0.05, 0) is 86.7 Å². The van der Waals surface area contributed by atoms with Gasteiger partial charge in [-0.1, -0.05) is 6.92 Å².